The van der Waals surface area contributed by atoms with Crippen LogP contribution in [0.4, 0.5) is 4.79 Å². The molecule has 5 heteroatoms. The quantitative estimate of drug-likeness (QED) is 0.595. The lowest BCUT2D eigenvalue weighted by molar-refractivity contribution is 0.137. The van der Waals surface area contributed by atoms with E-state index in [2.05, 4.69) is 0 Å². The molecule has 1 heterocycles. The Balaban J connectivity index is 2.44. The molecule has 0 aromatic heterocycles. The predicted octanol–water partition coefficient (Wildman–Crippen LogP) is -0.430. The Kier molecular flexibility index (Phi) is 2.88. The predicted molar refractivity (Wildman–Crippen MR) is 42.9 cm³/mol. The molecule has 0 radical (unpaired) electrons. The highest BCUT2D eigenvalue weighted by atomic mass is 16.5. The highest BCUT2D eigenvalue weighted by Gasteiger charge is 2.32. The van der Waals surface area contributed by atoms with E-state index in [0.29, 0.717) is 19.7 Å². The zero-order valence-electron chi connectivity index (χ0n) is 7.06. The van der Waals surface area contributed by atoms with E-state index in [1.807, 2.05) is 0 Å². The van der Waals surface area contributed by atoms with Crippen molar-refractivity contribution in [3.63, 3.8) is 0 Å². The second-order valence-corrected chi connectivity index (χ2v) is 3.07. The number of hydrogen-bond donors (Lipinski definition) is 2. The number of carboxylic acid groups (broad SMARTS) is 1. The lowest BCUT2D eigenvalue weighted by Crippen LogP contribution is -2.32. The Labute approximate surface area is 71.1 Å². The molecule has 1 amide bonds. The maximum atomic E-state index is 10.5. The molecular weight excluding hydrogens is 160 g/mol. The van der Waals surface area contributed by atoms with E-state index >= 15 is 0 Å². The molecule has 0 bridgehead atoms. The normalized spacial score (nSPS) is 29.3. The lowest BCUT2D eigenvalue weighted by Gasteiger charge is -2.11. The van der Waals surface area contributed by atoms with Gasteiger partial charge in [-0.25, -0.2) is 4.79 Å². The second kappa shape index (κ2) is 3.73. The Morgan fingerprint density at radius 3 is 2.83 bits per heavy atom. The summed E-state index contributed by atoms with van der Waals surface area (Å²) in [5.74, 6) is 0.145. The van der Waals surface area contributed by atoms with E-state index in [-0.39, 0.29) is 12.0 Å². The van der Waals surface area contributed by atoms with Gasteiger partial charge in [0, 0.05) is 32.2 Å². The molecule has 70 valence electrons. The first-order valence-corrected chi connectivity index (χ1v) is 3.87. The van der Waals surface area contributed by atoms with Crippen LogP contribution in [0.5, 0.6) is 0 Å². The molecule has 0 aromatic carbocycles. The smallest absolute Gasteiger partial charge is 0.407 e. The summed E-state index contributed by atoms with van der Waals surface area (Å²) in [6, 6.07) is -0.0824. The topological polar surface area (TPSA) is 75.8 Å². The molecule has 1 rings (SSSR count). The number of nitrogens with zero attached hydrogens (tertiary/aromatic N) is 1. The summed E-state index contributed by atoms with van der Waals surface area (Å²) in [7, 11) is 1.59. The van der Waals surface area contributed by atoms with Gasteiger partial charge in [0.05, 0.1) is 6.61 Å². The number of nitrogens with two attached hydrogens (primary N) is 1. The fourth-order valence-electron chi connectivity index (χ4n) is 1.44. The molecule has 0 saturated carbocycles. The summed E-state index contributed by atoms with van der Waals surface area (Å²) < 4.78 is 4.92. The van der Waals surface area contributed by atoms with Crippen LogP contribution < -0.4 is 5.73 Å². The Morgan fingerprint density at radius 2 is 2.42 bits per heavy atom. The molecule has 2 atom stereocenters. The molecule has 1 fully saturated rings. The van der Waals surface area contributed by atoms with Gasteiger partial charge in [0.15, 0.2) is 0 Å². The SMILES string of the molecule is COC[C@@H]1CN(C(=O)O)C[C@H]1N. The highest BCUT2D eigenvalue weighted by molar-refractivity contribution is 5.65. The van der Waals surface area contributed by atoms with Crippen molar-refractivity contribution >= 4 is 6.09 Å². The molecule has 0 aliphatic carbocycles. The summed E-state index contributed by atoms with van der Waals surface area (Å²) in [6.45, 7) is 1.44. The summed E-state index contributed by atoms with van der Waals surface area (Å²) in [4.78, 5) is 11.9. The van der Waals surface area contributed by atoms with Gasteiger partial charge in [-0.1, -0.05) is 0 Å². The van der Waals surface area contributed by atoms with Crippen LogP contribution in [0.1, 0.15) is 0 Å². The van der Waals surface area contributed by atoms with Crippen LogP contribution in [0.15, 0.2) is 0 Å². The van der Waals surface area contributed by atoms with E-state index in [9.17, 15) is 4.79 Å². The molecular formula is C7H14N2O3. The zero-order valence-corrected chi connectivity index (χ0v) is 7.06. The average molecular weight is 174 g/mol. The number of hydrogen-bond acceptors (Lipinski definition) is 3. The van der Waals surface area contributed by atoms with Gasteiger partial charge in [-0.05, 0) is 0 Å². The van der Waals surface area contributed by atoms with Crippen LogP contribution in [0, 0.1) is 5.92 Å². The van der Waals surface area contributed by atoms with Crippen molar-refractivity contribution in [2.24, 2.45) is 11.7 Å². The molecule has 3 N–H and O–H groups in total. The van der Waals surface area contributed by atoms with Crippen LogP contribution in [-0.2, 0) is 4.74 Å². The number of likely N-dealkylation sites (tertiary alicyclic amines) is 1. The minimum atomic E-state index is -0.899. The van der Waals surface area contributed by atoms with Crippen LogP contribution >= 0.6 is 0 Å². The van der Waals surface area contributed by atoms with E-state index in [1.54, 1.807) is 7.11 Å². The number of ether oxygens (including phenoxy) is 1. The van der Waals surface area contributed by atoms with Crippen molar-refractivity contribution in [2.45, 2.75) is 6.04 Å². The number of carbonyl (C=O) groups is 1. The molecule has 0 unspecified atom stereocenters. The van der Waals surface area contributed by atoms with Crippen molar-refractivity contribution < 1.29 is 14.6 Å². The molecule has 0 spiro atoms. The van der Waals surface area contributed by atoms with Gasteiger partial charge >= 0.3 is 6.09 Å². The molecule has 12 heavy (non-hydrogen) atoms. The largest absolute Gasteiger partial charge is 0.465 e. The van der Waals surface area contributed by atoms with Gasteiger partial charge in [0.2, 0.25) is 0 Å². The van der Waals surface area contributed by atoms with Crippen molar-refractivity contribution in [2.75, 3.05) is 26.8 Å². The Bertz CT molecular complexity index is 174. The first-order valence-electron chi connectivity index (χ1n) is 3.87. The van der Waals surface area contributed by atoms with Crippen molar-refractivity contribution in [3.05, 3.63) is 0 Å². The fraction of sp³-hybridized carbons (Fsp3) is 0.857. The van der Waals surface area contributed by atoms with Crippen molar-refractivity contribution in [1.82, 2.24) is 4.90 Å². The van der Waals surface area contributed by atoms with Crippen LogP contribution in [-0.4, -0.2) is 48.9 Å². The fourth-order valence-corrected chi connectivity index (χ4v) is 1.44. The monoisotopic (exact) mass is 174 g/mol. The van der Waals surface area contributed by atoms with Gasteiger partial charge in [-0.3, -0.25) is 0 Å². The maximum Gasteiger partial charge on any atom is 0.407 e. The molecule has 1 saturated heterocycles. The first-order chi connectivity index (χ1) is 5.65. The number of amides is 1. The number of rotatable bonds is 2. The molecule has 1 aliphatic heterocycles. The van der Waals surface area contributed by atoms with Gasteiger partial charge in [-0.2, -0.15) is 0 Å². The molecule has 5 nitrogen and oxygen atoms in total. The first kappa shape index (κ1) is 9.28. The lowest BCUT2D eigenvalue weighted by atomic mass is 10.1. The van der Waals surface area contributed by atoms with Crippen molar-refractivity contribution in [3.8, 4) is 0 Å². The van der Waals surface area contributed by atoms with Crippen LogP contribution in [0.3, 0.4) is 0 Å². The molecule has 0 aromatic rings. The summed E-state index contributed by atoms with van der Waals surface area (Å²) in [6.07, 6.45) is -0.899. The van der Waals surface area contributed by atoms with Gasteiger partial charge < -0.3 is 20.5 Å². The Morgan fingerprint density at radius 1 is 1.75 bits per heavy atom. The van der Waals surface area contributed by atoms with E-state index < -0.39 is 6.09 Å². The van der Waals surface area contributed by atoms with Crippen LogP contribution in [0.25, 0.3) is 0 Å². The highest BCUT2D eigenvalue weighted by Crippen LogP contribution is 2.15. The summed E-state index contributed by atoms with van der Waals surface area (Å²) in [5.41, 5.74) is 5.71. The third-order valence-corrected chi connectivity index (χ3v) is 2.14. The third-order valence-electron chi connectivity index (χ3n) is 2.14. The van der Waals surface area contributed by atoms with E-state index in [1.165, 1.54) is 4.90 Å². The minimum Gasteiger partial charge on any atom is -0.465 e. The zero-order chi connectivity index (χ0) is 9.14. The minimum absolute atomic E-state index is 0.0824. The summed E-state index contributed by atoms with van der Waals surface area (Å²) >= 11 is 0. The van der Waals surface area contributed by atoms with E-state index in [4.69, 9.17) is 15.6 Å². The van der Waals surface area contributed by atoms with Gasteiger partial charge in [-0.15, -0.1) is 0 Å². The number of methoxy groups -OCH3 is 1. The Hall–Kier alpha value is -0.810. The van der Waals surface area contributed by atoms with Gasteiger partial charge in [0.1, 0.15) is 0 Å². The molecule has 1 aliphatic rings. The summed E-state index contributed by atoms with van der Waals surface area (Å²) in [5, 5.41) is 8.65. The van der Waals surface area contributed by atoms with E-state index in [0.717, 1.165) is 0 Å². The second-order valence-electron chi connectivity index (χ2n) is 3.07. The standard InChI is InChI=1S/C7H14N2O3/c1-12-4-5-2-9(7(10)11)3-6(5)8/h5-6H,2-4,8H2,1H3,(H,10,11)/t5-,6+/m0/s1. The van der Waals surface area contributed by atoms with Gasteiger partial charge in [0.25, 0.3) is 0 Å². The third kappa shape index (κ3) is 1.86. The average Bonchev–Trinajstić information content (AvgIpc) is 2.34. The van der Waals surface area contributed by atoms with Crippen molar-refractivity contribution in [1.29, 1.82) is 0 Å². The maximum absolute atomic E-state index is 10.5. The van der Waals surface area contributed by atoms with Crippen LogP contribution in [0.2, 0.25) is 0 Å².